The summed E-state index contributed by atoms with van der Waals surface area (Å²) in [7, 11) is -2.26. The molecular formula is C54H40N2OSi. The number of nitrogens with zero attached hydrogens (tertiary/aromatic N) is 2. The average Bonchev–Trinajstić information content (AvgIpc) is 3.67. The predicted octanol–water partition coefficient (Wildman–Crippen LogP) is 14.1. The van der Waals surface area contributed by atoms with Gasteiger partial charge in [-0.15, -0.1) is 0 Å². The molecule has 1 aromatic heterocycles. The molecule has 0 saturated heterocycles. The molecule has 3 nitrogen and oxygen atoms in total. The maximum Gasteiger partial charge on any atom is 0.159 e. The first-order valence-corrected chi connectivity index (χ1v) is 23.0. The maximum absolute atomic E-state index is 6.67. The molecule has 4 heteroatoms. The first kappa shape index (κ1) is 34.1. The molecule has 9 aromatic carbocycles. The summed E-state index contributed by atoms with van der Waals surface area (Å²) in [5, 5.41) is 7.74. The Morgan fingerprint density at radius 3 is 1.78 bits per heavy atom. The second-order valence-electron chi connectivity index (χ2n) is 15.7. The normalized spacial score (nSPS) is 12.8. The summed E-state index contributed by atoms with van der Waals surface area (Å²) < 4.78 is 6.67. The summed E-state index contributed by atoms with van der Waals surface area (Å²) >= 11 is 0. The summed E-state index contributed by atoms with van der Waals surface area (Å²) in [4.78, 5) is 4.82. The van der Waals surface area contributed by atoms with Crippen molar-refractivity contribution in [2.45, 2.75) is 13.1 Å². The van der Waals surface area contributed by atoms with Crippen LogP contribution in [0.25, 0.3) is 55.0 Å². The van der Waals surface area contributed by atoms with E-state index in [2.05, 4.69) is 223 Å². The highest BCUT2D eigenvalue weighted by atomic mass is 28.3. The van der Waals surface area contributed by atoms with Crippen LogP contribution >= 0.6 is 0 Å². The number of hydrogen-bond donors (Lipinski definition) is 0. The Morgan fingerprint density at radius 2 is 0.983 bits per heavy atom. The van der Waals surface area contributed by atoms with Crippen LogP contribution in [0.1, 0.15) is 0 Å². The fraction of sp³-hybridized carbons (Fsp3) is 0.0370. The summed E-state index contributed by atoms with van der Waals surface area (Å²) in [6.45, 7) is 5.05. The molecule has 0 bridgehead atoms. The summed E-state index contributed by atoms with van der Waals surface area (Å²) in [5.74, 6) is 0. The van der Waals surface area contributed by atoms with Crippen LogP contribution in [0.2, 0.25) is 13.1 Å². The SMILES string of the molecule is C[Si]1(C)c2cc(N(c3ccccc3)c3ccccc3-c3ccccc3)ccc2-c2ccc(N(c3ccccc3)c3cccc4c3oc3ccccc34)c3cccc1c23. The Labute approximate surface area is 339 Å². The number of rotatable bonds is 7. The van der Waals surface area contributed by atoms with E-state index < -0.39 is 8.07 Å². The molecule has 0 atom stereocenters. The Hall–Kier alpha value is -7.14. The van der Waals surface area contributed by atoms with Crippen LogP contribution in [0.4, 0.5) is 34.1 Å². The predicted molar refractivity (Wildman–Crippen MR) is 248 cm³/mol. The lowest BCUT2D eigenvalue weighted by Crippen LogP contribution is -2.56. The lowest BCUT2D eigenvalue weighted by Gasteiger charge is -2.36. The molecule has 0 unspecified atom stereocenters. The Bertz CT molecular complexity index is 3150. The number of para-hydroxylation sites is 5. The van der Waals surface area contributed by atoms with Gasteiger partial charge in [0.05, 0.1) is 17.1 Å². The van der Waals surface area contributed by atoms with E-state index in [0.29, 0.717) is 0 Å². The molecule has 0 aliphatic carbocycles. The summed E-state index contributed by atoms with van der Waals surface area (Å²) in [6, 6.07) is 74.7. The molecule has 1 aliphatic heterocycles. The average molecular weight is 761 g/mol. The minimum absolute atomic E-state index is 0.886. The van der Waals surface area contributed by atoms with Gasteiger partial charge in [-0.3, -0.25) is 0 Å². The van der Waals surface area contributed by atoms with Crippen molar-refractivity contribution in [1.82, 2.24) is 0 Å². The lowest BCUT2D eigenvalue weighted by molar-refractivity contribution is 0.669. The largest absolute Gasteiger partial charge is 0.454 e. The highest BCUT2D eigenvalue weighted by molar-refractivity contribution is 7.03. The van der Waals surface area contributed by atoms with Gasteiger partial charge in [-0.2, -0.15) is 0 Å². The monoisotopic (exact) mass is 760 g/mol. The number of anilines is 6. The summed E-state index contributed by atoms with van der Waals surface area (Å²) in [5.41, 5.74) is 13.5. The zero-order valence-electron chi connectivity index (χ0n) is 32.4. The quantitative estimate of drug-likeness (QED) is 0.151. The molecule has 0 radical (unpaired) electrons. The second-order valence-corrected chi connectivity index (χ2v) is 20.0. The van der Waals surface area contributed by atoms with E-state index >= 15 is 0 Å². The van der Waals surface area contributed by atoms with Crippen LogP contribution < -0.4 is 20.2 Å². The van der Waals surface area contributed by atoms with Gasteiger partial charge in [0, 0.05) is 38.8 Å². The third-order valence-electron chi connectivity index (χ3n) is 12.0. The van der Waals surface area contributed by atoms with Crippen LogP contribution in [-0.2, 0) is 0 Å². The van der Waals surface area contributed by atoms with E-state index in [1.165, 1.54) is 43.4 Å². The zero-order valence-corrected chi connectivity index (χ0v) is 33.4. The van der Waals surface area contributed by atoms with Crippen molar-refractivity contribution in [2.24, 2.45) is 0 Å². The van der Waals surface area contributed by atoms with Crippen LogP contribution in [0.5, 0.6) is 0 Å². The Balaban J connectivity index is 1.11. The topological polar surface area (TPSA) is 19.6 Å². The van der Waals surface area contributed by atoms with Crippen molar-refractivity contribution in [2.75, 3.05) is 9.80 Å². The molecule has 0 saturated carbocycles. The van der Waals surface area contributed by atoms with Gasteiger partial charge in [0.25, 0.3) is 0 Å². The van der Waals surface area contributed by atoms with Crippen molar-refractivity contribution in [1.29, 1.82) is 0 Å². The molecular weight excluding hydrogens is 721 g/mol. The molecule has 58 heavy (non-hydrogen) atoms. The van der Waals surface area contributed by atoms with E-state index in [4.69, 9.17) is 4.42 Å². The fourth-order valence-corrected chi connectivity index (χ4v) is 12.4. The highest BCUT2D eigenvalue weighted by Gasteiger charge is 2.37. The Morgan fingerprint density at radius 1 is 0.379 bits per heavy atom. The van der Waals surface area contributed by atoms with Gasteiger partial charge in [-0.25, -0.2) is 0 Å². The molecule has 0 amide bonds. The molecule has 2 heterocycles. The molecule has 0 spiro atoms. The van der Waals surface area contributed by atoms with Crippen molar-refractivity contribution < 1.29 is 4.42 Å². The molecule has 1 aliphatic rings. The van der Waals surface area contributed by atoms with Crippen molar-refractivity contribution in [3.8, 4) is 22.3 Å². The van der Waals surface area contributed by atoms with E-state index in [0.717, 1.165) is 56.1 Å². The van der Waals surface area contributed by atoms with Gasteiger partial charge in [0.15, 0.2) is 5.58 Å². The fourth-order valence-electron chi connectivity index (χ4n) is 9.33. The van der Waals surface area contributed by atoms with Crippen LogP contribution in [0.3, 0.4) is 0 Å². The molecule has 276 valence electrons. The summed E-state index contributed by atoms with van der Waals surface area (Å²) in [6.07, 6.45) is 0. The number of furan rings is 1. The second kappa shape index (κ2) is 13.5. The highest BCUT2D eigenvalue weighted by Crippen LogP contribution is 2.47. The third kappa shape index (κ3) is 5.33. The van der Waals surface area contributed by atoms with E-state index in [9.17, 15) is 0 Å². The zero-order chi connectivity index (χ0) is 38.8. The van der Waals surface area contributed by atoms with Gasteiger partial charge in [0.2, 0.25) is 0 Å². The van der Waals surface area contributed by atoms with Crippen LogP contribution in [0.15, 0.2) is 211 Å². The minimum atomic E-state index is -2.26. The van der Waals surface area contributed by atoms with E-state index in [-0.39, 0.29) is 0 Å². The van der Waals surface area contributed by atoms with E-state index in [1.807, 2.05) is 6.07 Å². The van der Waals surface area contributed by atoms with Gasteiger partial charge in [0.1, 0.15) is 13.7 Å². The van der Waals surface area contributed by atoms with Crippen molar-refractivity contribution in [3.05, 3.63) is 206 Å². The third-order valence-corrected chi connectivity index (χ3v) is 15.6. The molecule has 0 N–H and O–H groups in total. The van der Waals surface area contributed by atoms with Crippen molar-refractivity contribution >= 4 is 85.3 Å². The van der Waals surface area contributed by atoms with Crippen molar-refractivity contribution in [3.63, 3.8) is 0 Å². The standard InChI is InChI=1S/C54H40N2OSi/c1-58(2)51-31-17-27-46-48(56(39-22-10-5-11-23-39)49-29-16-26-45-42-25-13-15-30-50(42)57-54(45)49)35-34-44(53(46)51)43-33-32-40(36-52(43)58)55(38-20-8-4-9-21-38)47-28-14-12-24-41(47)37-18-6-3-7-19-37/h3-36H,1-2H3. The van der Waals surface area contributed by atoms with Gasteiger partial charge >= 0.3 is 0 Å². The maximum atomic E-state index is 6.67. The first-order chi connectivity index (χ1) is 28.6. The number of benzene rings is 9. The molecule has 10 aromatic rings. The number of hydrogen-bond acceptors (Lipinski definition) is 3. The molecule has 0 fully saturated rings. The lowest BCUT2D eigenvalue weighted by atomic mass is 9.95. The minimum Gasteiger partial charge on any atom is -0.454 e. The van der Waals surface area contributed by atoms with E-state index in [1.54, 1.807) is 0 Å². The van der Waals surface area contributed by atoms with Crippen LogP contribution in [0, 0.1) is 0 Å². The van der Waals surface area contributed by atoms with Crippen LogP contribution in [-0.4, -0.2) is 8.07 Å². The smallest absolute Gasteiger partial charge is 0.159 e. The Kier molecular flexibility index (Phi) is 7.95. The first-order valence-electron chi connectivity index (χ1n) is 20.0. The number of fused-ring (bicyclic) bond motifs is 5. The molecule has 11 rings (SSSR count). The van der Waals surface area contributed by atoms with Gasteiger partial charge < -0.3 is 14.2 Å². The van der Waals surface area contributed by atoms with Gasteiger partial charge in [-0.05, 0) is 93.1 Å². The van der Waals surface area contributed by atoms with Gasteiger partial charge in [-0.1, -0.05) is 159 Å².